The van der Waals surface area contributed by atoms with Crippen LogP contribution in [0.2, 0.25) is 0 Å². The molecule has 1 saturated heterocycles. The molecule has 2 rings (SSSR count). The van der Waals surface area contributed by atoms with Gasteiger partial charge < -0.3 is 10.2 Å². The van der Waals surface area contributed by atoms with E-state index in [0.29, 0.717) is 0 Å². The van der Waals surface area contributed by atoms with Crippen LogP contribution in [0.4, 0.5) is 0 Å². The normalized spacial score (nSPS) is 31.5. The van der Waals surface area contributed by atoms with E-state index < -0.39 is 12.0 Å². The van der Waals surface area contributed by atoms with Crippen LogP contribution in [-0.4, -0.2) is 46.8 Å². The van der Waals surface area contributed by atoms with Gasteiger partial charge in [-0.2, -0.15) is 0 Å². The van der Waals surface area contributed by atoms with Crippen molar-refractivity contribution in [2.75, 3.05) is 19.7 Å². The van der Waals surface area contributed by atoms with Gasteiger partial charge in [0.2, 0.25) is 0 Å². The third-order valence-corrected chi connectivity index (χ3v) is 4.31. The molecule has 2 N–H and O–H groups in total. The van der Waals surface area contributed by atoms with Crippen LogP contribution >= 0.6 is 0 Å². The van der Waals surface area contributed by atoms with Gasteiger partial charge in [-0.05, 0) is 25.2 Å². The molecule has 1 aliphatic heterocycles. The summed E-state index contributed by atoms with van der Waals surface area (Å²) in [5.41, 5.74) is 0.235. The molecule has 86 valence electrons. The SMILES string of the molecule is C[C@@H](C(=O)O)N1C[C@@H](CO)C2(CCC2)C1. The molecule has 0 bridgehead atoms. The summed E-state index contributed by atoms with van der Waals surface area (Å²) in [6.07, 6.45) is 3.54. The zero-order valence-electron chi connectivity index (χ0n) is 9.15. The predicted octanol–water partition coefficient (Wildman–Crippen LogP) is 0.554. The van der Waals surface area contributed by atoms with Crippen molar-refractivity contribution in [3.63, 3.8) is 0 Å². The average molecular weight is 213 g/mol. The minimum atomic E-state index is -0.761. The second-order valence-corrected chi connectivity index (χ2v) is 5.04. The van der Waals surface area contributed by atoms with Gasteiger partial charge in [-0.15, -0.1) is 0 Å². The van der Waals surface area contributed by atoms with Gasteiger partial charge >= 0.3 is 5.97 Å². The largest absolute Gasteiger partial charge is 0.480 e. The van der Waals surface area contributed by atoms with Crippen LogP contribution in [0.15, 0.2) is 0 Å². The highest BCUT2D eigenvalue weighted by Crippen LogP contribution is 2.51. The van der Waals surface area contributed by atoms with Crippen LogP contribution in [0.5, 0.6) is 0 Å². The summed E-state index contributed by atoms with van der Waals surface area (Å²) < 4.78 is 0. The molecule has 0 unspecified atom stereocenters. The summed E-state index contributed by atoms with van der Waals surface area (Å²) in [4.78, 5) is 12.9. The zero-order chi connectivity index (χ0) is 11.1. The highest BCUT2D eigenvalue weighted by Gasteiger charge is 2.51. The molecule has 15 heavy (non-hydrogen) atoms. The van der Waals surface area contributed by atoms with Crippen molar-refractivity contribution in [1.29, 1.82) is 0 Å². The van der Waals surface area contributed by atoms with Crippen molar-refractivity contribution in [3.8, 4) is 0 Å². The number of carboxylic acids is 1. The maximum atomic E-state index is 10.9. The lowest BCUT2D eigenvalue weighted by molar-refractivity contribution is -0.142. The smallest absolute Gasteiger partial charge is 0.320 e. The van der Waals surface area contributed by atoms with Crippen molar-refractivity contribution in [1.82, 2.24) is 4.90 Å². The van der Waals surface area contributed by atoms with E-state index in [1.54, 1.807) is 6.92 Å². The molecule has 2 fully saturated rings. The number of hydrogen-bond acceptors (Lipinski definition) is 3. The number of aliphatic carboxylic acids is 1. The Bertz CT molecular complexity index is 263. The Morgan fingerprint density at radius 2 is 2.27 bits per heavy atom. The maximum absolute atomic E-state index is 10.9. The van der Waals surface area contributed by atoms with Gasteiger partial charge in [0.25, 0.3) is 0 Å². The molecule has 2 aliphatic rings. The van der Waals surface area contributed by atoms with Gasteiger partial charge in [-0.1, -0.05) is 6.42 Å². The Labute approximate surface area is 89.9 Å². The zero-order valence-corrected chi connectivity index (χ0v) is 9.15. The van der Waals surface area contributed by atoms with E-state index in [0.717, 1.165) is 25.9 Å². The van der Waals surface area contributed by atoms with Crippen molar-refractivity contribution in [2.24, 2.45) is 11.3 Å². The summed E-state index contributed by atoms with van der Waals surface area (Å²) in [6, 6.07) is -0.418. The van der Waals surface area contributed by atoms with Crippen LogP contribution in [0.3, 0.4) is 0 Å². The molecule has 1 heterocycles. The van der Waals surface area contributed by atoms with E-state index in [1.165, 1.54) is 6.42 Å². The van der Waals surface area contributed by atoms with Gasteiger partial charge in [0.15, 0.2) is 0 Å². The van der Waals surface area contributed by atoms with Crippen molar-refractivity contribution >= 4 is 5.97 Å². The number of aliphatic hydroxyl groups excluding tert-OH is 1. The fourth-order valence-electron chi connectivity index (χ4n) is 2.97. The summed E-state index contributed by atoms with van der Waals surface area (Å²) >= 11 is 0. The molecule has 0 aromatic rings. The average Bonchev–Trinajstić information content (AvgIpc) is 2.55. The number of rotatable bonds is 3. The molecule has 0 aromatic carbocycles. The second-order valence-electron chi connectivity index (χ2n) is 5.04. The molecule has 1 aliphatic carbocycles. The lowest BCUT2D eigenvalue weighted by Gasteiger charge is -2.42. The molecule has 0 aromatic heterocycles. The van der Waals surface area contributed by atoms with Crippen LogP contribution in [-0.2, 0) is 4.79 Å². The van der Waals surface area contributed by atoms with Gasteiger partial charge in [0.05, 0.1) is 0 Å². The summed E-state index contributed by atoms with van der Waals surface area (Å²) in [6.45, 7) is 3.52. The molecule has 2 atom stereocenters. The Hall–Kier alpha value is -0.610. The first kappa shape index (κ1) is 10.9. The molecule has 0 radical (unpaired) electrons. The van der Waals surface area contributed by atoms with Crippen LogP contribution in [0.25, 0.3) is 0 Å². The van der Waals surface area contributed by atoms with Crippen molar-refractivity contribution in [3.05, 3.63) is 0 Å². The highest BCUT2D eigenvalue weighted by molar-refractivity contribution is 5.72. The first-order valence-electron chi connectivity index (χ1n) is 5.67. The Morgan fingerprint density at radius 3 is 2.60 bits per heavy atom. The summed E-state index contributed by atoms with van der Waals surface area (Å²) in [5.74, 6) is -0.476. The van der Waals surface area contributed by atoms with E-state index in [4.69, 9.17) is 5.11 Å². The summed E-state index contributed by atoms with van der Waals surface area (Å²) in [5, 5.41) is 18.3. The second kappa shape index (κ2) is 3.76. The van der Waals surface area contributed by atoms with Crippen molar-refractivity contribution < 1.29 is 15.0 Å². The minimum absolute atomic E-state index is 0.197. The quantitative estimate of drug-likeness (QED) is 0.719. The Kier molecular flexibility index (Phi) is 2.73. The molecule has 0 amide bonds. The number of aliphatic hydroxyl groups is 1. The maximum Gasteiger partial charge on any atom is 0.320 e. The Morgan fingerprint density at radius 1 is 1.60 bits per heavy atom. The molecule has 4 nitrogen and oxygen atoms in total. The highest BCUT2D eigenvalue weighted by atomic mass is 16.4. The molecular formula is C11H19NO3. The molecular weight excluding hydrogens is 194 g/mol. The minimum Gasteiger partial charge on any atom is -0.480 e. The number of likely N-dealkylation sites (tertiary alicyclic amines) is 1. The van der Waals surface area contributed by atoms with Gasteiger partial charge in [-0.3, -0.25) is 9.69 Å². The first-order valence-corrected chi connectivity index (χ1v) is 5.67. The fraction of sp³-hybridized carbons (Fsp3) is 0.909. The lowest BCUT2D eigenvalue weighted by Crippen LogP contribution is -2.41. The molecule has 1 saturated carbocycles. The fourth-order valence-corrected chi connectivity index (χ4v) is 2.97. The van der Waals surface area contributed by atoms with Gasteiger partial charge in [-0.25, -0.2) is 0 Å². The van der Waals surface area contributed by atoms with E-state index in [2.05, 4.69) is 0 Å². The number of carboxylic acid groups (broad SMARTS) is 1. The van der Waals surface area contributed by atoms with Crippen LogP contribution in [0, 0.1) is 11.3 Å². The number of hydrogen-bond donors (Lipinski definition) is 2. The standard InChI is InChI=1S/C11H19NO3/c1-8(10(14)15)12-5-9(6-13)11(7-12)3-2-4-11/h8-9,13H,2-7H2,1H3,(H,14,15)/t8-,9-/m0/s1. The monoisotopic (exact) mass is 213 g/mol. The van der Waals surface area contributed by atoms with Crippen LogP contribution in [0.1, 0.15) is 26.2 Å². The van der Waals surface area contributed by atoms with Crippen LogP contribution < -0.4 is 0 Å². The predicted molar refractivity (Wildman–Crippen MR) is 55.5 cm³/mol. The molecule has 1 spiro atoms. The Balaban J connectivity index is 2.05. The molecule has 4 heteroatoms. The van der Waals surface area contributed by atoms with E-state index in [-0.39, 0.29) is 17.9 Å². The number of nitrogens with zero attached hydrogens (tertiary/aromatic N) is 1. The van der Waals surface area contributed by atoms with E-state index in [9.17, 15) is 9.90 Å². The number of carbonyl (C=O) groups is 1. The van der Waals surface area contributed by atoms with Gasteiger partial charge in [0.1, 0.15) is 6.04 Å². The van der Waals surface area contributed by atoms with Gasteiger partial charge in [0, 0.05) is 25.6 Å². The third-order valence-electron chi connectivity index (χ3n) is 4.31. The topological polar surface area (TPSA) is 60.8 Å². The lowest BCUT2D eigenvalue weighted by atomic mass is 9.63. The third kappa shape index (κ3) is 1.66. The van der Waals surface area contributed by atoms with E-state index >= 15 is 0 Å². The van der Waals surface area contributed by atoms with E-state index in [1.807, 2.05) is 4.90 Å². The summed E-state index contributed by atoms with van der Waals surface area (Å²) in [7, 11) is 0. The first-order chi connectivity index (χ1) is 7.09. The van der Waals surface area contributed by atoms with Crippen molar-refractivity contribution in [2.45, 2.75) is 32.2 Å².